The smallest absolute Gasteiger partial charge is 0.339 e. The fourth-order valence-electron chi connectivity index (χ4n) is 1.82. The Morgan fingerprint density at radius 3 is 2.26 bits per heavy atom. The third kappa shape index (κ3) is 3.07. The molecular weight excluding hydrogens is 244 g/mol. The highest BCUT2D eigenvalue weighted by Crippen LogP contribution is 2.13. The Balaban J connectivity index is 2.16. The van der Waals surface area contributed by atoms with E-state index in [9.17, 15) is 4.79 Å². The van der Waals surface area contributed by atoms with Gasteiger partial charge in [-0.05, 0) is 26.0 Å². The molecule has 2 aromatic rings. The molecule has 5 nitrogen and oxygen atoms in total. The zero-order chi connectivity index (χ0) is 13.8. The van der Waals surface area contributed by atoms with Crippen molar-refractivity contribution in [2.24, 2.45) is 0 Å². The Hall–Kier alpha value is -2.43. The van der Waals surface area contributed by atoms with E-state index in [1.54, 1.807) is 13.8 Å². The maximum absolute atomic E-state index is 11.0. The van der Waals surface area contributed by atoms with E-state index in [1.165, 1.54) is 0 Å². The van der Waals surface area contributed by atoms with E-state index in [0.29, 0.717) is 17.2 Å². The average Bonchev–Trinajstić information content (AvgIpc) is 2.36. The van der Waals surface area contributed by atoms with Gasteiger partial charge < -0.3 is 9.84 Å². The van der Waals surface area contributed by atoms with E-state index >= 15 is 0 Å². The van der Waals surface area contributed by atoms with Gasteiger partial charge in [-0.3, -0.25) is 0 Å². The zero-order valence-electron chi connectivity index (χ0n) is 10.8. The van der Waals surface area contributed by atoms with E-state index < -0.39 is 5.97 Å². The van der Waals surface area contributed by atoms with Crippen LogP contribution in [0.2, 0.25) is 0 Å². The van der Waals surface area contributed by atoms with Gasteiger partial charge in [-0.15, -0.1) is 0 Å². The van der Waals surface area contributed by atoms with Gasteiger partial charge in [0.25, 0.3) is 0 Å². The quantitative estimate of drug-likeness (QED) is 0.911. The highest BCUT2D eigenvalue weighted by atomic mass is 16.5. The fraction of sp³-hybridized carbons (Fsp3) is 0.214. The molecule has 0 aliphatic rings. The normalized spacial score (nSPS) is 10.2. The molecule has 1 heterocycles. The van der Waals surface area contributed by atoms with Crippen molar-refractivity contribution in [1.82, 2.24) is 9.97 Å². The van der Waals surface area contributed by atoms with Crippen molar-refractivity contribution >= 4 is 5.97 Å². The number of hydrogen-bond donors (Lipinski definition) is 1. The topological polar surface area (TPSA) is 72.3 Å². The molecule has 5 heteroatoms. The number of benzene rings is 1. The molecule has 1 aromatic heterocycles. The number of nitrogens with zero attached hydrogens (tertiary/aromatic N) is 2. The number of hydrogen-bond acceptors (Lipinski definition) is 4. The molecule has 0 aliphatic carbocycles. The van der Waals surface area contributed by atoms with Crippen LogP contribution >= 0.6 is 0 Å². The van der Waals surface area contributed by atoms with Gasteiger partial charge in [0, 0.05) is 0 Å². The third-order valence-corrected chi connectivity index (χ3v) is 2.64. The summed E-state index contributed by atoms with van der Waals surface area (Å²) in [5, 5.41) is 9.03. The molecule has 2 rings (SSSR count). The molecule has 0 saturated heterocycles. The summed E-state index contributed by atoms with van der Waals surface area (Å²) in [5.74, 6) is 0.193. The Labute approximate surface area is 110 Å². The number of ether oxygens (including phenoxy) is 1. The molecular formula is C14H14N2O3. The van der Waals surface area contributed by atoms with Gasteiger partial charge in [-0.25, -0.2) is 14.8 Å². The van der Waals surface area contributed by atoms with Gasteiger partial charge in [0.15, 0.2) is 5.82 Å². The van der Waals surface area contributed by atoms with Crippen LogP contribution in [0.3, 0.4) is 0 Å². The minimum Gasteiger partial charge on any atom is -0.486 e. The molecule has 0 radical (unpaired) electrons. The Kier molecular flexibility index (Phi) is 3.75. The second-order valence-corrected chi connectivity index (χ2v) is 4.09. The second-order valence-electron chi connectivity index (χ2n) is 4.09. The highest BCUT2D eigenvalue weighted by Gasteiger charge is 2.14. The molecule has 98 valence electrons. The first-order chi connectivity index (χ1) is 9.08. The van der Waals surface area contributed by atoms with Crippen LogP contribution in [-0.2, 0) is 6.61 Å². The van der Waals surface area contributed by atoms with Crippen LogP contribution in [0.4, 0.5) is 0 Å². The first kappa shape index (κ1) is 13.0. The average molecular weight is 258 g/mol. The summed E-state index contributed by atoms with van der Waals surface area (Å²) in [6, 6.07) is 9.33. The number of aromatic carboxylic acids is 1. The first-order valence-electron chi connectivity index (χ1n) is 5.83. The van der Waals surface area contributed by atoms with Crippen LogP contribution in [0.5, 0.6) is 5.75 Å². The maximum Gasteiger partial charge on any atom is 0.339 e. The molecule has 0 aliphatic heterocycles. The van der Waals surface area contributed by atoms with E-state index in [4.69, 9.17) is 9.84 Å². The molecule has 1 N–H and O–H groups in total. The number of carbonyl (C=O) groups is 1. The van der Waals surface area contributed by atoms with Gasteiger partial charge in [-0.1, -0.05) is 18.2 Å². The lowest BCUT2D eigenvalue weighted by atomic mass is 10.2. The summed E-state index contributed by atoms with van der Waals surface area (Å²) in [6.07, 6.45) is 0. The Morgan fingerprint density at radius 2 is 1.74 bits per heavy atom. The zero-order valence-corrected chi connectivity index (χ0v) is 10.8. The molecule has 0 atom stereocenters. The number of carboxylic acids is 1. The van der Waals surface area contributed by atoms with Gasteiger partial charge in [0.05, 0.1) is 11.4 Å². The van der Waals surface area contributed by atoms with Crippen molar-refractivity contribution in [1.29, 1.82) is 0 Å². The molecule has 0 bridgehead atoms. The van der Waals surface area contributed by atoms with Crippen molar-refractivity contribution in [2.45, 2.75) is 20.5 Å². The van der Waals surface area contributed by atoms with Crippen LogP contribution in [0.1, 0.15) is 27.6 Å². The molecule has 0 amide bonds. The lowest BCUT2D eigenvalue weighted by Gasteiger charge is -2.08. The van der Waals surface area contributed by atoms with Crippen molar-refractivity contribution in [3.8, 4) is 5.75 Å². The van der Waals surface area contributed by atoms with E-state index in [1.807, 2.05) is 30.3 Å². The fourth-order valence-corrected chi connectivity index (χ4v) is 1.82. The van der Waals surface area contributed by atoms with Gasteiger partial charge in [0.1, 0.15) is 17.9 Å². The van der Waals surface area contributed by atoms with E-state index in [0.717, 1.165) is 5.75 Å². The third-order valence-electron chi connectivity index (χ3n) is 2.64. The second kappa shape index (κ2) is 5.48. The summed E-state index contributed by atoms with van der Waals surface area (Å²) in [7, 11) is 0. The lowest BCUT2D eigenvalue weighted by molar-refractivity contribution is 0.0694. The number of aryl methyl sites for hydroxylation is 2. The van der Waals surface area contributed by atoms with E-state index in [2.05, 4.69) is 9.97 Å². The van der Waals surface area contributed by atoms with Crippen molar-refractivity contribution < 1.29 is 14.6 Å². The monoisotopic (exact) mass is 258 g/mol. The number of para-hydroxylation sites is 1. The van der Waals surface area contributed by atoms with Crippen LogP contribution in [0.25, 0.3) is 0 Å². The number of aromatic nitrogens is 2. The van der Waals surface area contributed by atoms with Crippen LogP contribution in [-0.4, -0.2) is 21.0 Å². The van der Waals surface area contributed by atoms with Gasteiger partial charge >= 0.3 is 5.97 Å². The first-order valence-corrected chi connectivity index (χ1v) is 5.83. The molecule has 0 unspecified atom stereocenters. The van der Waals surface area contributed by atoms with E-state index in [-0.39, 0.29) is 12.2 Å². The summed E-state index contributed by atoms with van der Waals surface area (Å²) in [6.45, 7) is 3.53. The summed E-state index contributed by atoms with van der Waals surface area (Å²) >= 11 is 0. The van der Waals surface area contributed by atoms with Crippen LogP contribution in [0, 0.1) is 13.8 Å². The van der Waals surface area contributed by atoms with Crippen molar-refractivity contribution in [3.05, 3.63) is 53.1 Å². The SMILES string of the molecule is Cc1nc(COc2ccccc2)nc(C)c1C(=O)O. The van der Waals surface area contributed by atoms with Crippen LogP contribution < -0.4 is 4.74 Å². The Bertz CT molecular complexity index is 574. The minimum absolute atomic E-state index is 0.156. The predicted molar refractivity (Wildman–Crippen MR) is 69.2 cm³/mol. The molecule has 0 fully saturated rings. The number of rotatable bonds is 4. The number of carboxylic acid groups (broad SMARTS) is 1. The highest BCUT2D eigenvalue weighted by molar-refractivity contribution is 5.89. The largest absolute Gasteiger partial charge is 0.486 e. The summed E-state index contributed by atoms with van der Waals surface area (Å²) < 4.78 is 5.53. The minimum atomic E-state index is -1.01. The Morgan fingerprint density at radius 1 is 1.16 bits per heavy atom. The summed E-state index contributed by atoms with van der Waals surface area (Å²) in [4.78, 5) is 19.3. The molecule has 0 saturated carbocycles. The summed E-state index contributed by atoms with van der Waals surface area (Å²) in [5.41, 5.74) is 1.06. The van der Waals surface area contributed by atoms with Crippen molar-refractivity contribution in [2.75, 3.05) is 0 Å². The van der Waals surface area contributed by atoms with Gasteiger partial charge in [0.2, 0.25) is 0 Å². The molecule has 1 aromatic carbocycles. The molecule has 0 spiro atoms. The van der Waals surface area contributed by atoms with Gasteiger partial charge in [-0.2, -0.15) is 0 Å². The maximum atomic E-state index is 11.0. The lowest BCUT2D eigenvalue weighted by Crippen LogP contribution is -2.11. The standard InChI is InChI=1S/C14H14N2O3/c1-9-13(14(17)18)10(2)16-12(15-9)8-19-11-6-4-3-5-7-11/h3-7H,8H2,1-2H3,(H,17,18). The molecule has 19 heavy (non-hydrogen) atoms. The van der Waals surface area contributed by atoms with Crippen molar-refractivity contribution in [3.63, 3.8) is 0 Å². The predicted octanol–water partition coefficient (Wildman–Crippen LogP) is 2.37. The van der Waals surface area contributed by atoms with Crippen LogP contribution in [0.15, 0.2) is 30.3 Å².